The lowest BCUT2D eigenvalue weighted by atomic mass is 10.1. The Labute approximate surface area is 106 Å². The Morgan fingerprint density at radius 2 is 2.00 bits per heavy atom. The van der Waals surface area contributed by atoms with Crippen molar-refractivity contribution in [2.75, 3.05) is 6.61 Å². The van der Waals surface area contributed by atoms with E-state index in [1.807, 2.05) is 5.48 Å². The van der Waals surface area contributed by atoms with E-state index in [0.29, 0.717) is 10.8 Å². The molecule has 1 aromatic heterocycles. The zero-order valence-corrected chi connectivity index (χ0v) is 9.54. The maximum absolute atomic E-state index is 11.7. The van der Waals surface area contributed by atoms with Crippen LogP contribution in [0.3, 0.4) is 0 Å². The number of carboxylic acid groups (broad SMARTS) is 1. The predicted molar refractivity (Wildman–Crippen MR) is 63.4 cm³/mol. The molecule has 2 rings (SSSR count). The molecule has 0 aliphatic rings. The number of aromatic nitrogens is 2. The lowest BCUT2D eigenvalue weighted by Gasteiger charge is -2.05. The molecule has 0 radical (unpaired) electrons. The maximum atomic E-state index is 11.7. The third kappa shape index (κ3) is 2.75. The van der Waals surface area contributed by atoms with Crippen molar-refractivity contribution in [3.8, 4) is 0 Å². The molecular weight excluding hydrogens is 254 g/mol. The Hall–Kier alpha value is -2.74. The van der Waals surface area contributed by atoms with Gasteiger partial charge >= 0.3 is 5.97 Å². The molecule has 0 fully saturated rings. The SMILES string of the molecule is O=C(O)CONC(=O)c1n[nH]c(=O)c2ccccc12. The first kappa shape index (κ1) is 12.7. The summed E-state index contributed by atoms with van der Waals surface area (Å²) in [7, 11) is 0. The molecule has 1 heterocycles. The number of rotatable bonds is 4. The Balaban J connectivity index is 2.30. The number of hydrogen-bond acceptors (Lipinski definition) is 5. The van der Waals surface area contributed by atoms with Gasteiger partial charge in [0.05, 0.1) is 5.39 Å². The van der Waals surface area contributed by atoms with Gasteiger partial charge in [0.1, 0.15) is 0 Å². The lowest BCUT2D eigenvalue weighted by Crippen LogP contribution is -2.28. The van der Waals surface area contributed by atoms with Crippen LogP contribution in [0, 0.1) is 0 Å². The van der Waals surface area contributed by atoms with Crippen molar-refractivity contribution in [2.24, 2.45) is 0 Å². The van der Waals surface area contributed by atoms with Crippen molar-refractivity contribution in [1.29, 1.82) is 0 Å². The normalized spacial score (nSPS) is 10.3. The fourth-order valence-corrected chi connectivity index (χ4v) is 1.50. The highest BCUT2D eigenvalue weighted by Crippen LogP contribution is 2.11. The smallest absolute Gasteiger partial charge is 0.332 e. The molecule has 8 nitrogen and oxygen atoms in total. The largest absolute Gasteiger partial charge is 0.479 e. The number of fused-ring (bicyclic) bond motifs is 1. The van der Waals surface area contributed by atoms with Crippen LogP contribution in [0.4, 0.5) is 0 Å². The number of nitrogens with zero attached hydrogens (tertiary/aromatic N) is 1. The van der Waals surface area contributed by atoms with Gasteiger partial charge in [0.15, 0.2) is 12.3 Å². The number of aliphatic carboxylic acids is 1. The van der Waals surface area contributed by atoms with Gasteiger partial charge in [-0.05, 0) is 6.07 Å². The fourth-order valence-electron chi connectivity index (χ4n) is 1.50. The van der Waals surface area contributed by atoms with Gasteiger partial charge in [0.25, 0.3) is 11.5 Å². The molecule has 3 N–H and O–H groups in total. The third-order valence-electron chi connectivity index (χ3n) is 2.27. The molecule has 0 spiro atoms. The van der Waals surface area contributed by atoms with Gasteiger partial charge in [-0.1, -0.05) is 18.2 Å². The maximum Gasteiger partial charge on any atom is 0.332 e. The Kier molecular flexibility index (Phi) is 3.53. The molecule has 0 aliphatic heterocycles. The van der Waals surface area contributed by atoms with Gasteiger partial charge in [-0.2, -0.15) is 5.10 Å². The quantitative estimate of drug-likeness (QED) is 0.649. The summed E-state index contributed by atoms with van der Waals surface area (Å²) in [6, 6.07) is 6.41. The number of aromatic amines is 1. The van der Waals surface area contributed by atoms with E-state index in [-0.39, 0.29) is 5.69 Å². The molecule has 1 amide bonds. The molecule has 8 heteroatoms. The molecule has 0 aliphatic carbocycles. The summed E-state index contributed by atoms with van der Waals surface area (Å²) in [5.41, 5.74) is 1.46. The van der Waals surface area contributed by atoms with E-state index in [2.05, 4.69) is 15.0 Å². The summed E-state index contributed by atoms with van der Waals surface area (Å²) in [4.78, 5) is 37.9. The van der Waals surface area contributed by atoms with Crippen molar-refractivity contribution in [3.63, 3.8) is 0 Å². The van der Waals surface area contributed by atoms with Crippen LogP contribution in [0.5, 0.6) is 0 Å². The average Bonchev–Trinajstić information content (AvgIpc) is 2.39. The van der Waals surface area contributed by atoms with Gasteiger partial charge in [-0.15, -0.1) is 0 Å². The highest BCUT2D eigenvalue weighted by Gasteiger charge is 2.14. The van der Waals surface area contributed by atoms with Gasteiger partial charge in [-0.25, -0.2) is 15.4 Å². The average molecular weight is 263 g/mol. The molecule has 0 saturated heterocycles. The number of amides is 1. The number of carbonyl (C=O) groups is 2. The topological polar surface area (TPSA) is 121 Å². The number of benzene rings is 1. The minimum atomic E-state index is -1.22. The second kappa shape index (κ2) is 5.27. The highest BCUT2D eigenvalue weighted by molar-refractivity contribution is 6.04. The molecule has 2 aromatic rings. The summed E-state index contributed by atoms with van der Waals surface area (Å²) in [5, 5.41) is 14.8. The van der Waals surface area contributed by atoms with E-state index in [0.717, 1.165) is 0 Å². The van der Waals surface area contributed by atoms with E-state index in [1.165, 1.54) is 0 Å². The van der Waals surface area contributed by atoms with E-state index >= 15 is 0 Å². The summed E-state index contributed by atoms with van der Waals surface area (Å²) >= 11 is 0. The minimum absolute atomic E-state index is 0.0550. The second-order valence-electron chi connectivity index (χ2n) is 3.56. The van der Waals surface area contributed by atoms with Crippen LogP contribution in [0.2, 0.25) is 0 Å². The van der Waals surface area contributed by atoms with E-state index in [9.17, 15) is 14.4 Å². The highest BCUT2D eigenvalue weighted by atomic mass is 16.7. The molecular formula is C11H9N3O5. The molecule has 0 saturated carbocycles. The van der Waals surface area contributed by atoms with Crippen molar-refractivity contribution in [3.05, 3.63) is 40.3 Å². The molecule has 0 bridgehead atoms. The summed E-state index contributed by atoms with van der Waals surface area (Å²) in [6.45, 7) is -0.674. The molecule has 0 atom stereocenters. The first-order valence-electron chi connectivity index (χ1n) is 5.21. The molecule has 98 valence electrons. The third-order valence-corrected chi connectivity index (χ3v) is 2.27. The van der Waals surface area contributed by atoms with Crippen LogP contribution in [0.1, 0.15) is 10.5 Å². The van der Waals surface area contributed by atoms with Crippen LogP contribution in [0.15, 0.2) is 29.1 Å². The zero-order chi connectivity index (χ0) is 13.8. The zero-order valence-electron chi connectivity index (χ0n) is 9.54. The Morgan fingerprint density at radius 1 is 1.32 bits per heavy atom. The van der Waals surface area contributed by atoms with Crippen LogP contribution in [0.25, 0.3) is 10.8 Å². The van der Waals surface area contributed by atoms with Crippen molar-refractivity contribution < 1.29 is 19.5 Å². The number of carbonyl (C=O) groups excluding carboxylic acids is 1. The van der Waals surface area contributed by atoms with E-state index in [4.69, 9.17) is 5.11 Å². The van der Waals surface area contributed by atoms with E-state index < -0.39 is 24.0 Å². The summed E-state index contributed by atoms with van der Waals surface area (Å²) in [6.07, 6.45) is 0. The number of carboxylic acids is 1. The predicted octanol–water partition coefficient (Wildman–Crippen LogP) is -0.331. The van der Waals surface area contributed by atoms with Gasteiger partial charge in [-0.3, -0.25) is 14.4 Å². The first-order chi connectivity index (χ1) is 9.09. The monoisotopic (exact) mass is 263 g/mol. The van der Waals surface area contributed by atoms with Crippen molar-refractivity contribution >= 4 is 22.6 Å². The Morgan fingerprint density at radius 3 is 2.68 bits per heavy atom. The van der Waals surface area contributed by atoms with Crippen LogP contribution in [-0.4, -0.2) is 33.8 Å². The van der Waals surface area contributed by atoms with Crippen molar-refractivity contribution in [1.82, 2.24) is 15.7 Å². The minimum Gasteiger partial charge on any atom is -0.479 e. The second-order valence-corrected chi connectivity index (χ2v) is 3.56. The number of H-pyrrole nitrogens is 1. The van der Waals surface area contributed by atoms with Gasteiger partial charge in [0, 0.05) is 5.39 Å². The van der Waals surface area contributed by atoms with Crippen LogP contribution < -0.4 is 11.0 Å². The fraction of sp³-hybridized carbons (Fsp3) is 0.0909. The number of nitrogens with one attached hydrogen (secondary N) is 2. The number of hydrogen-bond donors (Lipinski definition) is 3. The molecule has 0 unspecified atom stereocenters. The summed E-state index contributed by atoms with van der Waals surface area (Å²) < 4.78 is 0. The van der Waals surface area contributed by atoms with Gasteiger partial charge in [0.2, 0.25) is 0 Å². The van der Waals surface area contributed by atoms with Crippen LogP contribution in [-0.2, 0) is 9.63 Å². The number of hydroxylamine groups is 1. The summed E-state index contributed by atoms with van der Waals surface area (Å²) in [5.74, 6) is -1.96. The Bertz CT molecular complexity index is 694. The van der Waals surface area contributed by atoms with Gasteiger partial charge < -0.3 is 5.11 Å². The van der Waals surface area contributed by atoms with Crippen molar-refractivity contribution in [2.45, 2.75) is 0 Å². The molecule has 1 aromatic carbocycles. The van der Waals surface area contributed by atoms with Crippen LogP contribution >= 0.6 is 0 Å². The first-order valence-corrected chi connectivity index (χ1v) is 5.21. The molecule has 19 heavy (non-hydrogen) atoms. The lowest BCUT2D eigenvalue weighted by molar-refractivity contribution is -0.144. The standard InChI is InChI=1S/C11H9N3O5/c15-8(16)5-19-14-11(18)9-6-3-1-2-4-7(6)10(17)13-12-9/h1-4H,5H2,(H,13,17)(H,14,18)(H,15,16). The van der Waals surface area contributed by atoms with E-state index in [1.54, 1.807) is 24.3 Å².